The molecule has 0 aromatic carbocycles. The zero-order valence-corrected chi connectivity index (χ0v) is 15.0. The smallest absolute Gasteiger partial charge is 0.213 e. The van der Waals surface area contributed by atoms with Crippen LogP contribution in [0.15, 0.2) is 60.1 Å². The van der Waals surface area contributed by atoms with Gasteiger partial charge in [-0.25, -0.2) is 15.0 Å². The molecule has 7 nitrogen and oxygen atoms in total. The second-order valence-corrected chi connectivity index (χ2v) is 6.39. The Bertz CT molecular complexity index is 994. The summed E-state index contributed by atoms with van der Waals surface area (Å²) in [6.45, 7) is 0.223. The van der Waals surface area contributed by atoms with Crippen LogP contribution in [0.4, 0.5) is 10.2 Å². The van der Waals surface area contributed by atoms with Gasteiger partial charge in [-0.1, -0.05) is 11.2 Å². The summed E-state index contributed by atoms with van der Waals surface area (Å²) in [5, 5.41) is 4.17. The summed E-state index contributed by atoms with van der Waals surface area (Å²) in [4.78, 5) is 17.4. The lowest BCUT2D eigenvalue weighted by atomic mass is 10.0. The van der Waals surface area contributed by atoms with E-state index >= 15 is 0 Å². The minimum absolute atomic E-state index is 0.208. The third-order valence-electron chi connectivity index (χ3n) is 4.33. The van der Waals surface area contributed by atoms with Crippen LogP contribution in [0.1, 0.15) is 29.2 Å². The molecule has 2 N–H and O–H groups in total. The van der Waals surface area contributed by atoms with Gasteiger partial charge in [-0.2, -0.15) is 4.39 Å². The SMILES string of the molecule is Nc1ncccc1C1CC(Cc2ccc(OCc3ccnc(F)c3)nc2)=NO1. The van der Waals surface area contributed by atoms with Gasteiger partial charge in [-0.3, -0.25) is 0 Å². The summed E-state index contributed by atoms with van der Waals surface area (Å²) in [5.74, 6) is 0.392. The molecule has 1 aliphatic heterocycles. The van der Waals surface area contributed by atoms with Crippen molar-refractivity contribution in [2.75, 3.05) is 5.73 Å². The first-order chi connectivity index (χ1) is 13.7. The number of rotatable bonds is 6. The van der Waals surface area contributed by atoms with Crippen LogP contribution in [0.2, 0.25) is 0 Å². The van der Waals surface area contributed by atoms with Gasteiger partial charge in [0, 0.05) is 43.1 Å². The van der Waals surface area contributed by atoms with E-state index in [9.17, 15) is 4.39 Å². The predicted molar refractivity (Wildman–Crippen MR) is 101 cm³/mol. The maximum atomic E-state index is 13.1. The third kappa shape index (κ3) is 4.22. The van der Waals surface area contributed by atoms with Gasteiger partial charge in [0.15, 0.2) is 6.10 Å². The van der Waals surface area contributed by atoms with E-state index in [2.05, 4.69) is 20.1 Å². The van der Waals surface area contributed by atoms with Crippen LogP contribution < -0.4 is 10.5 Å². The molecule has 1 aliphatic rings. The molecule has 3 aromatic rings. The minimum Gasteiger partial charge on any atom is -0.473 e. The molecule has 0 fully saturated rings. The average molecular weight is 379 g/mol. The number of oxime groups is 1. The van der Waals surface area contributed by atoms with E-state index in [1.807, 2.05) is 18.2 Å². The Balaban J connectivity index is 1.32. The molecule has 4 heterocycles. The van der Waals surface area contributed by atoms with E-state index in [0.717, 1.165) is 16.8 Å². The number of nitrogens with two attached hydrogens (primary N) is 1. The number of nitrogens with zero attached hydrogens (tertiary/aromatic N) is 4. The van der Waals surface area contributed by atoms with Crippen LogP contribution in [0.5, 0.6) is 5.88 Å². The zero-order chi connectivity index (χ0) is 19.3. The van der Waals surface area contributed by atoms with E-state index in [-0.39, 0.29) is 12.7 Å². The van der Waals surface area contributed by atoms with Crippen LogP contribution in [-0.4, -0.2) is 20.7 Å². The number of halogens is 1. The lowest BCUT2D eigenvalue weighted by Gasteiger charge is -2.10. The van der Waals surface area contributed by atoms with Crippen molar-refractivity contribution in [1.82, 2.24) is 15.0 Å². The summed E-state index contributed by atoms with van der Waals surface area (Å²) in [6, 6.07) is 10.5. The van der Waals surface area contributed by atoms with Crippen molar-refractivity contribution in [3.05, 3.63) is 77.6 Å². The summed E-state index contributed by atoms with van der Waals surface area (Å²) in [7, 11) is 0. The van der Waals surface area contributed by atoms with Crippen LogP contribution >= 0.6 is 0 Å². The highest BCUT2D eigenvalue weighted by molar-refractivity contribution is 5.87. The monoisotopic (exact) mass is 379 g/mol. The van der Waals surface area contributed by atoms with Gasteiger partial charge in [0.1, 0.15) is 12.4 Å². The number of hydrogen-bond donors (Lipinski definition) is 1. The maximum absolute atomic E-state index is 13.1. The number of pyridine rings is 3. The van der Waals surface area contributed by atoms with Crippen LogP contribution in [0.3, 0.4) is 0 Å². The van der Waals surface area contributed by atoms with Gasteiger partial charge in [-0.05, 0) is 35.4 Å². The fraction of sp³-hybridized carbons (Fsp3) is 0.200. The quantitative estimate of drug-likeness (QED) is 0.661. The molecule has 1 unspecified atom stereocenters. The molecule has 0 aliphatic carbocycles. The molecule has 0 radical (unpaired) electrons. The Morgan fingerprint density at radius 3 is 2.82 bits per heavy atom. The van der Waals surface area contributed by atoms with Gasteiger partial charge < -0.3 is 15.3 Å². The molecular formula is C20H18FN5O2. The van der Waals surface area contributed by atoms with Crippen molar-refractivity contribution in [2.45, 2.75) is 25.6 Å². The van der Waals surface area contributed by atoms with Gasteiger partial charge >= 0.3 is 0 Å². The average Bonchev–Trinajstić information content (AvgIpc) is 3.16. The van der Waals surface area contributed by atoms with Crippen molar-refractivity contribution in [3.8, 4) is 5.88 Å². The van der Waals surface area contributed by atoms with E-state index in [4.69, 9.17) is 15.3 Å². The summed E-state index contributed by atoms with van der Waals surface area (Å²) >= 11 is 0. The Hall–Kier alpha value is -3.55. The van der Waals surface area contributed by atoms with E-state index in [0.29, 0.717) is 30.1 Å². The largest absolute Gasteiger partial charge is 0.473 e. The highest BCUT2D eigenvalue weighted by Crippen LogP contribution is 2.30. The molecule has 0 spiro atoms. The molecule has 8 heteroatoms. The first kappa shape index (κ1) is 17.8. The third-order valence-corrected chi connectivity index (χ3v) is 4.33. The Kier molecular flexibility index (Phi) is 5.09. The van der Waals surface area contributed by atoms with Gasteiger partial charge in [0.25, 0.3) is 0 Å². The number of hydrogen-bond acceptors (Lipinski definition) is 7. The molecule has 4 rings (SSSR count). The molecule has 0 saturated carbocycles. The lowest BCUT2D eigenvalue weighted by molar-refractivity contribution is 0.0860. The normalized spacial score (nSPS) is 15.8. The molecule has 0 bridgehead atoms. The van der Waals surface area contributed by atoms with Crippen LogP contribution in [0.25, 0.3) is 0 Å². The first-order valence-corrected chi connectivity index (χ1v) is 8.77. The molecule has 0 amide bonds. The van der Waals surface area contributed by atoms with Crippen molar-refractivity contribution < 1.29 is 14.0 Å². The van der Waals surface area contributed by atoms with Crippen molar-refractivity contribution >= 4 is 11.5 Å². The fourth-order valence-corrected chi connectivity index (χ4v) is 2.93. The topological polar surface area (TPSA) is 95.5 Å². The zero-order valence-electron chi connectivity index (χ0n) is 15.0. The van der Waals surface area contributed by atoms with Crippen LogP contribution in [-0.2, 0) is 17.9 Å². The first-order valence-electron chi connectivity index (χ1n) is 8.77. The highest BCUT2D eigenvalue weighted by Gasteiger charge is 2.25. The molecule has 142 valence electrons. The summed E-state index contributed by atoms with van der Waals surface area (Å²) in [5.41, 5.74) is 9.34. The molecular weight excluding hydrogens is 361 g/mol. The Morgan fingerprint density at radius 2 is 2.04 bits per heavy atom. The number of anilines is 1. The van der Waals surface area contributed by atoms with Crippen molar-refractivity contribution in [2.24, 2.45) is 5.16 Å². The van der Waals surface area contributed by atoms with Gasteiger partial charge in [0.05, 0.1) is 5.71 Å². The van der Waals surface area contributed by atoms with E-state index in [1.165, 1.54) is 12.3 Å². The standard InChI is InChI=1S/C20H18FN5O2/c21-18-9-14(5-7-23-18)12-27-19-4-3-13(11-25-19)8-15-10-17(28-26-15)16-2-1-6-24-20(16)22/h1-7,9,11,17H,8,10,12H2,(H2,22,24). The molecule has 28 heavy (non-hydrogen) atoms. The lowest BCUT2D eigenvalue weighted by Crippen LogP contribution is -2.06. The predicted octanol–water partition coefficient (Wildman–Crippen LogP) is 3.23. The highest BCUT2D eigenvalue weighted by atomic mass is 19.1. The van der Waals surface area contributed by atoms with Gasteiger partial charge in [-0.15, -0.1) is 0 Å². The van der Waals surface area contributed by atoms with Gasteiger partial charge in [0.2, 0.25) is 11.8 Å². The van der Waals surface area contributed by atoms with E-state index < -0.39 is 5.95 Å². The Labute approximate surface area is 161 Å². The second-order valence-electron chi connectivity index (χ2n) is 6.39. The maximum Gasteiger partial charge on any atom is 0.213 e. The molecule has 1 atom stereocenters. The summed E-state index contributed by atoms with van der Waals surface area (Å²) < 4.78 is 18.7. The fourth-order valence-electron chi connectivity index (χ4n) is 2.93. The number of aromatic nitrogens is 3. The minimum atomic E-state index is -0.532. The van der Waals surface area contributed by atoms with Crippen molar-refractivity contribution in [3.63, 3.8) is 0 Å². The molecule has 0 saturated heterocycles. The number of ether oxygens (including phenoxy) is 1. The summed E-state index contributed by atoms with van der Waals surface area (Å²) in [6.07, 6.45) is 5.86. The molecule has 3 aromatic heterocycles. The van der Waals surface area contributed by atoms with Crippen molar-refractivity contribution in [1.29, 1.82) is 0 Å². The number of nitrogen functional groups attached to an aromatic ring is 1. The van der Waals surface area contributed by atoms with Crippen LogP contribution in [0, 0.1) is 5.95 Å². The second kappa shape index (κ2) is 7.99. The Morgan fingerprint density at radius 1 is 1.11 bits per heavy atom. The van der Waals surface area contributed by atoms with E-state index in [1.54, 1.807) is 24.5 Å².